The molecule has 1 aromatic heterocycles. The highest BCUT2D eigenvalue weighted by Gasteiger charge is 2.46. The minimum Gasteiger partial charge on any atom is -0.467 e. The molecule has 5 heteroatoms. The zero-order chi connectivity index (χ0) is 20.4. The number of nitrogens with zero attached hydrogens (tertiary/aromatic N) is 1. The first-order valence-electron chi connectivity index (χ1n) is 9.73. The Bertz CT molecular complexity index is 1020. The van der Waals surface area contributed by atoms with Gasteiger partial charge < -0.3 is 14.6 Å². The van der Waals surface area contributed by atoms with Crippen molar-refractivity contribution in [1.82, 2.24) is 10.2 Å². The van der Waals surface area contributed by atoms with Crippen LogP contribution in [-0.4, -0.2) is 22.3 Å². The lowest BCUT2D eigenvalue weighted by Crippen LogP contribution is -2.62. The third-order valence-electron chi connectivity index (χ3n) is 5.58. The maximum absolute atomic E-state index is 13.3. The van der Waals surface area contributed by atoms with E-state index < -0.39 is 5.54 Å². The number of nitrogens with one attached hydrogen (secondary N) is 1. The number of benzene rings is 2. The molecule has 0 saturated heterocycles. The number of carbonyl (C=O) groups is 2. The van der Waals surface area contributed by atoms with Crippen molar-refractivity contribution in [3.05, 3.63) is 94.9 Å². The van der Waals surface area contributed by atoms with E-state index in [2.05, 4.69) is 5.32 Å². The summed E-state index contributed by atoms with van der Waals surface area (Å²) in [4.78, 5) is 28.2. The molecule has 148 valence electrons. The first kappa shape index (κ1) is 19.0. The van der Waals surface area contributed by atoms with Gasteiger partial charge in [-0.15, -0.1) is 0 Å². The van der Waals surface area contributed by atoms with Crippen molar-refractivity contribution in [3.63, 3.8) is 0 Å². The lowest BCUT2D eigenvalue weighted by Gasteiger charge is -2.43. The quantitative estimate of drug-likeness (QED) is 0.722. The maximum atomic E-state index is 13.3. The van der Waals surface area contributed by atoms with Gasteiger partial charge >= 0.3 is 0 Å². The lowest BCUT2D eigenvalue weighted by molar-refractivity contribution is -0.132. The van der Waals surface area contributed by atoms with Crippen LogP contribution in [0.5, 0.6) is 0 Å². The van der Waals surface area contributed by atoms with E-state index in [0.29, 0.717) is 24.3 Å². The van der Waals surface area contributed by atoms with Crippen LogP contribution in [0.25, 0.3) is 0 Å². The van der Waals surface area contributed by atoms with E-state index >= 15 is 0 Å². The molecule has 0 saturated carbocycles. The Kier molecular flexibility index (Phi) is 4.97. The van der Waals surface area contributed by atoms with Crippen molar-refractivity contribution in [3.8, 4) is 0 Å². The molecule has 0 bridgehead atoms. The molecule has 0 unspecified atom stereocenters. The Morgan fingerprint density at radius 2 is 1.86 bits per heavy atom. The molecule has 2 amide bonds. The maximum Gasteiger partial charge on any atom is 0.255 e. The first-order valence-corrected chi connectivity index (χ1v) is 9.73. The summed E-state index contributed by atoms with van der Waals surface area (Å²) >= 11 is 0. The Morgan fingerprint density at radius 3 is 2.59 bits per heavy atom. The van der Waals surface area contributed by atoms with E-state index in [1.807, 2.05) is 68.4 Å². The fraction of sp³-hybridized carbons (Fsp3) is 0.250. The van der Waals surface area contributed by atoms with Crippen molar-refractivity contribution >= 4 is 11.8 Å². The Balaban J connectivity index is 1.62. The summed E-state index contributed by atoms with van der Waals surface area (Å²) in [6.07, 6.45) is 2.03. The highest BCUT2D eigenvalue weighted by atomic mass is 16.3. The molecule has 0 spiro atoms. The summed E-state index contributed by atoms with van der Waals surface area (Å²) in [5, 5.41) is 3.03. The molecular formula is C24H24N2O3. The number of aryl methyl sites for hydroxylation is 1. The molecule has 5 nitrogen and oxygen atoms in total. The third kappa shape index (κ3) is 3.68. The highest BCUT2D eigenvalue weighted by Crippen LogP contribution is 2.33. The van der Waals surface area contributed by atoms with Crippen molar-refractivity contribution in [2.45, 2.75) is 38.9 Å². The fourth-order valence-corrected chi connectivity index (χ4v) is 3.81. The minimum absolute atomic E-state index is 0.156. The number of carbonyl (C=O) groups excluding carboxylic acids is 2. The second-order valence-corrected chi connectivity index (χ2v) is 7.75. The molecule has 0 radical (unpaired) electrons. The van der Waals surface area contributed by atoms with E-state index in [4.69, 9.17) is 4.42 Å². The van der Waals surface area contributed by atoms with Crippen LogP contribution in [0.3, 0.4) is 0 Å². The molecule has 3 aromatic rings. The summed E-state index contributed by atoms with van der Waals surface area (Å²) in [7, 11) is 0. The van der Waals surface area contributed by atoms with Crippen molar-refractivity contribution in [1.29, 1.82) is 0 Å². The van der Waals surface area contributed by atoms with Crippen LogP contribution in [0.15, 0.2) is 71.3 Å². The summed E-state index contributed by atoms with van der Waals surface area (Å²) in [5.74, 6) is 0.319. The summed E-state index contributed by atoms with van der Waals surface area (Å²) in [6.45, 7) is 4.52. The number of hydrogen-bond donors (Lipinski definition) is 1. The smallest absolute Gasteiger partial charge is 0.255 e. The second-order valence-electron chi connectivity index (χ2n) is 7.75. The fourth-order valence-electron chi connectivity index (χ4n) is 3.81. The van der Waals surface area contributed by atoms with Gasteiger partial charge in [-0.05, 0) is 43.2 Å². The summed E-state index contributed by atoms with van der Waals surface area (Å²) < 4.78 is 5.46. The predicted octanol–water partition coefficient (Wildman–Crippen LogP) is 3.86. The summed E-state index contributed by atoms with van der Waals surface area (Å²) in [5.41, 5.74) is 2.71. The number of hydrogen-bond acceptors (Lipinski definition) is 3. The van der Waals surface area contributed by atoms with Gasteiger partial charge in [0, 0.05) is 18.5 Å². The van der Waals surface area contributed by atoms with E-state index in [-0.39, 0.29) is 18.4 Å². The monoisotopic (exact) mass is 388 g/mol. The second kappa shape index (κ2) is 7.59. The lowest BCUT2D eigenvalue weighted by atomic mass is 9.82. The number of rotatable bonds is 5. The molecular weight excluding hydrogens is 364 g/mol. The molecule has 1 aliphatic rings. The molecule has 29 heavy (non-hydrogen) atoms. The molecule has 0 fully saturated rings. The number of furan rings is 1. The summed E-state index contributed by atoms with van der Waals surface area (Å²) in [6, 6.07) is 19.1. The zero-order valence-electron chi connectivity index (χ0n) is 16.6. The van der Waals surface area contributed by atoms with Crippen LogP contribution in [0.4, 0.5) is 0 Å². The predicted molar refractivity (Wildman–Crippen MR) is 110 cm³/mol. The highest BCUT2D eigenvalue weighted by molar-refractivity contribution is 6.02. The molecule has 2 heterocycles. The Labute approximate surface area is 170 Å². The van der Waals surface area contributed by atoms with Crippen LogP contribution < -0.4 is 5.32 Å². The van der Waals surface area contributed by atoms with Gasteiger partial charge in [0.15, 0.2) is 0 Å². The van der Waals surface area contributed by atoms with Crippen LogP contribution >= 0.6 is 0 Å². The van der Waals surface area contributed by atoms with E-state index in [1.165, 1.54) is 5.56 Å². The van der Waals surface area contributed by atoms with Gasteiger partial charge in [0.05, 0.1) is 12.8 Å². The minimum atomic E-state index is -1.01. The molecule has 4 rings (SSSR count). The van der Waals surface area contributed by atoms with Crippen molar-refractivity contribution in [2.75, 3.05) is 0 Å². The number of fused-ring (bicyclic) bond motifs is 1. The average Bonchev–Trinajstić information content (AvgIpc) is 3.24. The van der Waals surface area contributed by atoms with Crippen LogP contribution in [0.1, 0.15) is 39.7 Å². The standard InChI is InChI=1S/C24H24N2O3/c1-17-9-11-18(12-10-17)15-25-23(28)24(2)14-19-6-3-4-8-21(19)22(27)26(24)16-20-7-5-13-29-20/h3-13H,14-16H2,1-2H3,(H,25,28)/t24-/m0/s1. The van der Waals surface area contributed by atoms with Crippen molar-refractivity contribution < 1.29 is 14.0 Å². The zero-order valence-corrected chi connectivity index (χ0v) is 16.6. The molecule has 1 atom stereocenters. The van der Waals surface area contributed by atoms with Gasteiger partial charge in [-0.3, -0.25) is 9.59 Å². The van der Waals surface area contributed by atoms with Gasteiger partial charge in [-0.2, -0.15) is 0 Å². The molecule has 1 N–H and O–H groups in total. The Morgan fingerprint density at radius 1 is 1.10 bits per heavy atom. The van der Waals surface area contributed by atoms with E-state index in [0.717, 1.165) is 11.1 Å². The van der Waals surface area contributed by atoms with Gasteiger partial charge in [0.1, 0.15) is 11.3 Å². The Hall–Kier alpha value is -3.34. The molecule has 2 aromatic carbocycles. The van der Waals surface area contributed by atoms with Gasteiger partial charge in [-0.1, -0.05) is 48.0 Å². The van der Waals surface area contributed by atoms with Gasteiger partial charge in [0.2, 0.25) is 5.91 Å². The SMILES string of the molecule is Cc1ccc(CNC(=O)[C@]2(C)Cc3ccccc3C(=O)N2Cc2ccco2)cc1. The van der Waals surface area contributed by atoms with Crippen LogP contribution in [0.2, 0.25) is 0 Å². The third-order valence-corrected chi connectivity index (χ3v) is 5.58. The first-order chi connectivity index (χ1) is 14.0. The van der Waals surface area contributed by atoms with Crippen LogP contribution in [-0.2, 0) is 24.3 Å². The molecule has 0 aliphatic carbocycles. The van der Waals surface area contributed by atoms with E-state index in [9.17, 15) is 9.59 Å². The van der Waals surface area contributed by atoms with Crippen molar-refractivity contribution in [2.24, 2.45) is 0 Å². The topological polar surface area (TPSA) is 62.6 Å². The number of amides is 2. The van der Waals surface area contributed by atoms with Crippen LogP contribution in [0, 0.1) is 6.92 Å². The van der Waals surface area contributed by atoms with E-state index in [1.54, 1.807) is 17.2 Å². The van der Waals surface area contributed by atoms with Gasteiger partial charge in [0.25, 0.3) is 5.91 Å². The van der Waals surface area contributed by atoms with Gasteiger partial charge in [-0.25, -0.2) is 0 Å². The largest absolute Gasteiger partial charge is 0.467 e. The average molecular weight is 388 g/mol. The normalized spacial score (nSPS) is 18.4. The molecule has 1 aliphatic heterocycles.